The molecule has 10 heteroatoms. The number of halogens is 1. The lowest BCUT2D eigenvalue weighted by Gasteiger charge is -2.30. The van der Waals surface area contributed by atoms with Crippen LogP contribution in [0.25, 0.3) is 22.4 Å². The van der Waals surface area contributed by atoms with Gasteiger partial charge in [0.25, 0.3) is 0 Å². The van der Waals surface area contributed by atoms with Gasteiger partial charge < -0.3 is 20.5 Å². The molecule has 2 aromatic carbocycles. The van der Waals surface area contributed by atoms with E-state index in [9.17, 15) is 0 Å². The van der Waals surface area contributed by atoms with Gasteiger partial charge in [0.05, 0.1) is 12.0 Å². The number of H-pyrrole nitrogens is 1. The number of hydrogen-bond donors (Lipinski definition) is 3. The summed E-state index contributed by atoms with van der Waals surface area (Å²) >= 11 is 0. The summed E-state index contributed by atoms with van der Waals surface area (Å²) in [6.07, 6.45) is 8.76. The van der Waals surface area contributed by atoms with Crippen LogP contribution >= 0.6 is 0 Å². The lowest BCUT2D eigenvalue weighted by atomic mass is 9.75. The predicted molar refractivity (Wildman–Crippen MR) is 186 cm³/mol. The lowest BCUT2D eigenvalue weighted by molar-refractivity contribution is 0.332. The fourth-order valence-electron chi connectivity index (χ4n) is 6.19. The van der Waals surface area contributed by atoms with Crippen LogP contribution in [0.5, 0.6) is 11.5 Å². The maximum atomic E-state index is 15.7. The lowest BCUT2D eigenvalue weighted by Crippen LogP contribution is -2.30. The van der Waals surface area contributed by atoms with Gasteiger partial charge >= 0.3 is 0 Å². The monoisotopic (exact) mass is 638 g/mol. The minimum absolute atomic E-state index is 0.0875. The van der Waals surface area contributed by atoms with Gasteiger partial charge in [0.15, 0.2) is 23.2 Å². The summed E-state index contributed by atoms with van der Waals surface area (Å²) in [5.41, 5.74) is 10.7. The van der Waals surface area contributed by atoms with Gasteiger partial charge in [0.1, 0.15) is 11.4 Å². The number of ether oxygens (including phenoxy) is 1. The van der Waals surface area contributed by atoms with Crippen LogP contribution in [0.3, 0.4) is 0 Å². The molecule has 3 aromatic heterocycles. The van der Waals surface area contributed by atoms with E-state index in [1.807, 2.05) is 27.0 Å². The second-order valence-electron chi connectivity index (χ2n) is 13.0. The number of aromatic nitrogens is 5. The number of allylic oxidation sites excluding steroid dienone is 1. The molecule has 0 radical (unpaired) electrons. The van der Waals surface area contributed by atoms with Crippen molar-refractivity contribution in [3.05, 3.63) is 101 Å². The molecule has 0 aliphatic carbocycles. The molecule has 0 fully saturated rings. The van der Waals surface area contributed by atoms with Crippen molar-refractivity contribution in [2.75, 3.05) is 0 Å². The summed E-state index contributed by atoms with van der Waals surface area (Å²) in [5.74, 6) is 7.83. The molecule has 9 nitrogen and oxygen atoms in total. The normalized spacial score (nSPS) is 19.6. The van der Waals surface area contributed by atoms with E-state index in [2.05, 4.69) is 61.9 Å². The highest BCUT2D eigenvalue weighted by Crippen LogP contribution is 2.40. The van der Waals surface area contributed by atoms with E-state index < -0.39 is 11.2 Å². The standard InChI is InChI=1S/C35H41FN8O.C2H6/c1-22-9-8-10-23(17-22)35(4)14-7-6-13-34(2,3)30(37)21-44(38)20-26-25-12-16-39-28(25)19-27(36)31(26)45-24-11-15-40-29(18-24)32-41-33(35)42-43(32)5;1-2/h8-12,15-19,21,39H,6-7,13-14,20,37-38H2,1-5H3;1-2H3/b30-21-;/t35-;/m1./s1. The number of fused-ring (bicyclic) bond motifs is 8. The number of nitrogens with zero attached hydrogens (tertiary/aromatic N) is 5. The van der Waals surface area contributed by atoms with Gasteiger partial charge in [0.2, 0.25) is 0 Å². The second-order valence-corrected chi connectivity index (χ2v) is 13.0. The molecule has 0 spiro atoms. The molecule has 47 heavy (non-hydrogen) atoms. The predicted octanol–water partition coefficient (Wildman–Crippen LogP) is 8.01. The summed E-state index contributed by atoms with van der Waals surface area (Å²) in [6, 6.07) is 15.3. The maximum Gasteiger partial charge on any atom is 0.176 e. The molecule has 5 N–H and O–H groups in total. The molecular weight excluding hydrogens is 591 g/mol. The highest BCUT2D eigenvalue weighted by molar-refractivity contribution is 5.85. The first kappa shape index (κ1) is 33.7. The number of benzene rings is 2. The zero-order valence-corrected chi connectivity index (χ0v) is 28.6. The molecule has 1 aliphatic rings. The van der Waals surface area contributed by atoms with Gasteiger partial charge in [-0.05, 0) is 44.4 Å². The van der Waals surface area contributed by atoms with Crippen molar-refractivity contribution in [2.45, 2.75) is 79.2 Å². The third-order valence-electron chi connectivity index (χ3n) is 9.11. The zero-order chi connectivity index (χ0) is 33.9. The highest BCUT2D eigenvalue weighted by atomic mass is 19.1. The van der Waals surface area contributed by atoms with Crippen LogP contribution in [-0.2, 0) is 19.0 Å². The zero-order valence-electron chi connectivity index (χ0n) is 28.6. The number of pyridine rings is 1. The van der Waals surface area contributed by atoms with E-state index in [0.29, 0.717) is 34.0 Å². The highest BCUT2D eigenvalue weighted by Gasteiger charge is 2.34. The summed E-state index contributed by atoms with van der Waals surface area (Å²) in [7, 11) is 1.87. The smallest absolute Gasteiger partial charge is 0.176 e. The van der Waals surface area contributed by atoms with E-state index in [0.717, 1.165) is 42.5 Å². The molecule has 0 saturated carbocycles. The molecule has 4 bridgehead atoms. The largest absolute Gasteiger partial charge is 0.454 e. The van der Waals surface area contributed by atoms with E-state index in [-0.39, 0.29) is 17.7 Å². The average molecular weight is 639 g/mol. The second kappa shape index (κ2) is 13.6. The van der Waals surface area contributed by atoms with Crippen LogP contribution in [0.1, 0.15) is 82.8 Å². The Morgan fingerprint density at radius 2 is 1.79 bits per heavy atom. The van der Waals surface area contributed by atoms with E-state index in [1.165, 1.54) is 16.6 Å². The Balaban J connectivity index is 0.00000213. The van der Waals surface area contributed by atoms with Gasteiger partial charge in [-0.25, -0.2) is 19.9 Å². The SMILES string of the molecule is CC.Cc1cccc([C@@]2(C)CCCCC(C)(C)/C(N)=C/N(N)Cc3c(c(F)cc4[nH]ccc34)Oc3ccnc(c3)-c3nc2nn3C)c1. The molecule has 4 heterocycles. The van der Waals surface area contributed by atoms with E-state index >= 15 is 4.39 Å². The van der Waals surface area contributed by atoms with Crippen LogP contribution in [0.15, 0.2) is 72.8 Å². The van der Waals surface area contributed by atoms with Crippen LogP contribution in [0.4, 0.5) is 4.39 Å². The molecule has 5 aromatic rings. The van der Waals surface area contributed by atoms with E-state index in [4.69, 9.17) is 26.4 Å². The minimum Gasteiger partial charge on any atom is -0.454 e. The summed E-state index contributed by atoms with van der Waals surface area (Å²) < 4.78 is 23.7. The molecule has 1 atom stereocenters. The van der Waals surface area contributed by atoms with Crippen LogP contribution in [0, 0.1) is 18.2 Å². The number of nitrogens with one attached hydrogen (secondary N) is 1. The van der Waals surface area contributed by atoms with Crippen molar-refractivity contribution in [2.24, 2.45) is 24.0 Å². The molecule has 0 amide bonds. The Labute approximate surface area is 276 Å². The summed E-state index contributed by atoms with van der Waals surface area (Å²) in [5, 5.41) is 7.25. The quantitative estimate of drug-likeness (QED) is 0.159. The fourth-order valence-corrected chi connectivity index (χ4v) is 6.19. The Bertz CT molecular complexity index is 1890. The fraction of sp³-hybridized carbons (Fsp3) is 0.378. The first-order valence-electron chi connectivity index (χ1n) is 16.4. The number of rotatable bonds is 1. The number of nitrogens with two attached hydrogens (primary N) is 2. The third kappa shape index (κ3) is 6.88. The summed E-state index contributed by atoms with van der Waals surface area (Å²) in [4.78, 5) is 12.8. The number of hydrogen-bond acceptors (Lipinski definition) is 7. The third-order valence-corrected chi connectivity index (χ3v) is 9.11. The van der Waals surface area contributed by atoms with Crippen LogP contribution in [-0.4, -0.2) is 29.7 Å². The van der Waals surface area contributed by atoms with Crippen molar-refractivity contribution in [1.29, 1.82) is 0 Å². The first-order valence-corrected chi connectivity index (χ1v) is 16.4. The molecule has 1 aliphatic heterocycles. The Morgan fingerprint density at radius 3 is 2.55 bits per heavy atom. The van der Waals surface area contributed by atoms with Crippen molar-refractivity contribution >= 4 is 10.9 Å². The first-order chi connectivity index (χ1) is 22.4. The minimum atomic E-state index is -0.509. The van der Waals surface area contributed by atoms with Crippen LogP contribution < -0.4 is 16.3 Å². The number of aryl methyl sites for hydroxylation is 2. The average Bonchev–Trinajstić information content (AvgIpc) is 3.68. The van der Waals surface area contributed by atoms with E-state index in [1.54, 1.807) is 35.4 Å². The van der Waals surface area contributed by atoms with Crippen molar-refractivity contribution in [3.8, 4) is 23.0 Å². The molecule has 0 unspecified atom stereocenters. The number of hydrazine groups is 1. The molecular formula is C37H47FN8O. The van der Waals surface area contributed by atoms with Crippen molar-refractivity contribution in [3.63, 3.8) is 0 Å². The Hall–Kier alpha value is -4.70. The molecule has 6 rings (SSSR count). The maximum absolute atomic E-state index is 15.7. The summed E-state index contributed by atoms with van der Waals surface area (Å²) in [6.45, 7) is 12.7. The van der Waals surface area contributed by atoms with Gasteiger partial charge in [-0.1, -0.05) is 70.4 Å². The Morgan fingerprint density at radius 1 is 1.02 bits per heavy atom. The molecule has 0 saturated heterocycles. The Kier molecular flexibility index (Phi) is 9.72. The molecule has 248 valence electrons. The number of aromatic amines is 1. The van der Waals surface area contributed by atoms with Gasteiger partial charge in [0, 0.05) is 65.4 Å². The van der Waals surface area contributed by atoms with Gasteiger partial charge in [-0.2, -0.15) is 5.10 Å². The van der Waals surface area contributed by atoms with Crippen molar-refractivity contribution in [1.82, 2.24) is 29.7 Å². The van der Waals surface area contributed by atoms with Crippen molar-refractivity contribution < 1.29 is 9.13 Å². The van der Waals surface area contributed by atoms with Gasteiger partial charge in [-0.15, -0.1) is 0 Å². The topological polar surface area (TPSA) is 124 Å². The van der Waals surface area contributed by atoms with Crippen LogP contribution in [0.2, 0.25) is 0 Å². The van der Waals surface area contributed by atoms with Gasteiger partial charge in [-0.3, -0.25) is 4.98 Å².